The molecule has 0 bridgehead atoms. The van der Waals surface area contributed by atoms with Crippen molar-refractivity contribution in [1.82, 2.24) is 4.31 Å². The van der Waals surface area contributed by atoms with E-state index >= 15 is 0 Å². The van der Waals surface area contributed by atoms with Gasteiger partial charge in [-0.25, -0.2) is 8.42 Å². The Labute approximate surface area is 139 Å². The van der Waals surface area contributed by atoms with E-state index in [-0.39, 0.29) is 27.7 Å². The van der Waals surface area contributed by atoms with Gasteiger partial charge in [0.2, 0.25) is 10.0 Å². The maximum absolute atomic E-state index is 12.7. The summed E-state index contributed by atoms with van der Waals surface area (Å²) in [5, 5.41) is 0.232. The lowest BCUT2D eigenvalue weighted by atomic mass is 9.90. The van der Waals surface area contributed by atoms with Crippen LogP contribution < -0.4 is 5.73 Å². The molecule has 0 radical (unpaired) electrons. The fraction of sp³-hybridized carbons (Fsp3) is 0.500. The molecule has 1 aliphatic heterocycles. The smallest absolute Gasteiger partial charge is 0.245 e. The van der Waals surface area contributed by atoms with Crippen molar-refractivity contribution in [1.29, 1.82) is 0 Å². The standard InChI is InChI=1S/C12H16BrClN2O2S.ClH/c1-12(7-15)5-6-16(8-12)19(17,18)11-9(13)3-2-4-10(11)14;/h2-4H,5-8,15H2,1H3;1H. The van der Waals surface area contributed by atoms with E-state index in [1.54, 1.807) is 18.2 Å². The topological polar surface area (TPSA) is 63.4 Å². The largest absolute Gasteiger partial charge is 0.330 e. The van der Waals surface area contributed by atoms with Gasteiger partial charge in [0.05, 0.1) is 5.02 Å². The molecule has 2 rings (SSSR count). The Bertz CT molecular complexity index is 577. The SMILES string of the molecule is CC1(CN)CCN(S(=O)(=O)c2c(Cl)cccc2Br)C1.Cl. The van der Waals surface area contributed by atoms with Crippen molar-refractivity contribution in [3.05, 3.63) is 27.7 Å². The van der Waals surface area contributed by atoms with Gasteiger partial charge in [0.1, 0.15) is 4.90 Å². The molecular weight excluding hydrogens is 387 g/mol. The van der Waals surface area contributed by atoms with E-state index in [0.717, 1.165) is 6.42 Å². The van der Waals surface area contributed by atoms with Gasteiger partial charge < -0.3 is 5.73 Å². The highest BCUT2D eigenvalue weighted by Crippen LogP contribution is 2.37. The molecule has 1 unspecified atom stereocenters. The third-order valence-corrected chi connectivity index (χ3v) is 6.83. The normalized spacial score (nSPS) is 23.6. The van der Waals surface area contributed by atoms with Crippen LogP contribution in [0.1, 0.15) is 13.3 Å². The highest BCUT2D eigenvalue weighted by molar-refractivity contribution is 9.10. The van der Waals surface area contributed by atoms with Gasteiger partial charge in [-0.1, -0.05) is 24.6 Å². The van der Waals surface area contributed by atoms with Crippen LogP contribution in [0.4, 0.5) is 0 Å². The number of rotatable bonds is 3. The lowest BCUT2D eigenvalue weighted by molar-refractivity contribution is 0.349. The molecule has 1 aromatic carbocycles. The van der Waals surface area contributed by atoms with E-state index in [4.69, 9.17) is 17.3 Å². The molecule has 4 nitrogen and oxygen atoms in total. The van der Waals surface area contributed by atoms with Gasteiger partial charge in [-0.15, -0.1) is 12.4 Å². The predicted molar refractivity (Wildman–Crippen MR) is 86.9 cm³/mol. The number of nitrogens with zero attached hydrogens (tertiary/aromatic N) is 1. The average molecular weight is 404 g/mol. The van der Waals surface area contributed by atoms with Gasteiger partial charge in [-0.05, 0) is 46.4 Å². The van der Waals surface area contributed by atoms with Crippen LogP contribution in [0.3, 0.4) is 0 Å². The van der Waals surface area contributed by atoms with Gasteiger partial charge in [-0.3, -0.25) is 0 Å². The molecule has 1 fully saturated rings. The first-order chi connectivity index (χ1) is 8.80. The average Bonchev–Trinajstić information content (AvgIpc) is 2.73. The van der Waals surface area contributed by atoms with Gasteiger partial charge in [0.25, 0.3) is 0 Å². The van der Waals surface area contributed by atoms with Crippen LogP contribution in [0.5, 0.6) is 0 Å². The second kappa shape index (κ2) is 6.50. The molecule has 1 aliphatic rings. The van der Waals surface area contributed by atoms with Crippen LogP contribution in [-0.4, -0.2) is 32.4 Å². The minimum Gasteiger partial charge on any atom is -0.330 e. The Kier molecular flexibility index (Phi) is 5.92. The van der Waals surface area contributed by atoms with Crippen LogP contribution in [0, 0.1) is 5.41 Å². The molecule has 8 heteroatoms. The Morgan fingerprint density at radius 2 is 2.15 bits per heavy atom. The third-order valence-electron chi connectivity index (χ3n) is 3.53. The van der Waals surface area contributed by atoms with E-state index < -0.39 is 10.0 Å². The number of hydrogen-bond donors (Lipinski definition) is 1. The first kappa shape index (κ1) is 18.2. The summed E-state index contributed by atoms with van der Waals surface area (Å²) < 4.78 is 27.3. The Morgan fingerprint density at radius 1 is 1.50 bits per heavy atom. The molecule has 2 N–H and O–H groups in total. The van der Waals surface area contributed by atoms with E-state index in [0.29, 0.717) is 24.1 Å². The molecule has 1 aromatic rings. The summed E-state index contributed by atoms with van der Waals surface area (Å²) >= 11 is 9.30. The molecule has 0 saturated carbocycles. The number of nitrogens with two attached hydrogens (primary N) is 1. The zero-order valence-electron chi connectivity index (χ0n) is 11.0. The molecule has 0 spiro atoms. The third kappa shape index (κ3) is 3.31. The van der Waals surface area contributed by atoms with Crippen molar-refractivity contribution >= 4 is 50.0 Å². The fourth-order valence-electron chi connectivity index (χ4n) is 2.21. The van der Waals surface area contributed by atoms with Crippen LogP contribution in [0.25, 0.3) is 0 Å². The van der Waals surface area contributed by atoms with Gasteiger partial charge in [0, 0.05) is 17.6 Å². The maximum Gasteiger partial charge on any atom is 0.245 e. The zero-order chi connectivity index (χ0) is 14.3. The molecule has 0 amide bonds. The number of sulfonamides is 1. The summed E-state index contributed by atoms with van der Waals surface area (Å²) in [5.41, 5.74) is 5.56. The number of halogens is 3. The lowest BCUT2D eigenvalue weighted by Gasteiger charge is -2.23. The molecule has 0 aliphatic carbocycles. The van der Waals surface area contributed by atoms with Crippen molar-refractivity contribution in [2.24, 2.45) is 11.1 Å². The quantitative estimate of drug-likeness (QED) is 0.843. The van der Waals surface area contributed by atoms with E-state index in [1.807, 2.05) is 6.92 Å². The Balaban J connectivity index is 0.00000200. The van der Waals surface area contributed by atoms with Gasteiger partial charge >= 0.3 is 0 Å². The van der Waals surface area contributed by atoms with Crippen LogP contribution >= 0.6 is 39.9 Å². The lowest BCUT2D eigenvalue weighted by Crippen LogP contribution is -2.34. The van der Waals surface area contributed by atoms with Gasteiger partial charge in [-0.2, -0.15) is 4.31 Å². The molecule has 1 atom stereocenters. The molecule has 0 aromatic heterocycles. The van der Waals surface area contributed by atoms with Crippen LogP contribution in [0.2, 0.25) is 5.02 Å². The summed E-state index contributed by atoms with van der Waals surface area (Å²) in [4.78, 5) is 0.137. The first-order valence-electron chi connectivity index (χ1n) is 5.94. The summed E-state index contributed by atoms with van der Waals surface area (Å²) in [6.07, 6.45) is 0.769. The van der Waals surface area contributed by atoms with Crippen LogP contribution in [0.15, 0.2) is 27.6 Å². The monoisotopic (exact) mass is 402 g/mol. The number of benzene rings is 1. The predicted octanol–water partition coefficient (Wildman–Crippen LogP) is 2.88. The zero-order valence-corrected chi connectivity index (χ0v) is 14.9. The maximum atomic E-state index is 12.7. The highest BCUT2D eigenvalue weighted by Gasteiger charge is 2.40. The molecule has 1 heterocycles. The first-order valence-corrected chi connectivity index (χ1v) is 8.55. The van der Waals surface area contributed by atoms with Crippen molar-refractivity contribution in [2.75, 3.05) is 19.6 Å². The van der Waals surface area contributed by atoms with Crippen LogP contribution in [-0.2, 0) is 10.0 Å². The van der Waals surface area contributed by atoms with E-state index in [9.17, 15) is 8.42 Å². The second-order valence-corrected chi connectivity index (χ2v) is 8.29. The van der Waals surface area contributed by atoms with E-state index in [1.165, 1.54) is 4.31 Å². The van der Waals surface area contributed by atoms with Gasteiger partial charge in [0.15, 0.2) is 0 Å². The van der Waals surface area contributed by atoms with E-state index in [2.05, 4.69) is 15.9 Å². The summed E-state index contributed by atoms with van der Waals surface area (Å²) in [6, 6.07) is 4.97. The molecule has 1 saturated heterocycles. The van der Waals surface area contributed by atoms with Crippen molar-refractivity contribution in [2.45, 2.75) is 18.2 Å². The minimum atomic E-state index is -3.58. The van der Waals surface area contributed by atoms with Crippen molar-refractivity contribution in [3.8, 4) is 0 Å². The Hall–Kier alpha value is 0.150. The second-order valence-electron chi connectivity index (χ2n) is 5.15. The van der Waals surface area contributed by atoms with Crippen molar-refractivity contribution in [3.63, 3.8) is 0 Å². The fourth-order valence-corrected chi connectivity index (χ4v) is 5.47. The highest BCUT2D eigenvalue weighted by atomic mass is 79.9. The molecular formula is C12H17BrCl2N2O2S. The molecule has 20 heavy (non-hydrogen) atoms. The van der Waals surface area contributed by atoms with Crippen molar-refractivity contribution < 1.29 is 8.42 Å². The Morgan fingerprint density at radius 3 is 2.65 bits per heavy atom. The summed E-state index contributed by atoms with van der Waals surface area (Å²) in [7, 11) is -3.58. The number of hydrogen-bond acceptors (Lipinski definition) is 3. The molecule has 114 valence electrons. The summed E-state index contributed by atoms with van der Waals surface area (Å²) in [6.45, 7) is 3.39. The minimum absolute atomic E-state index is 0. The summed E-state index contributed by atoms with van der Waals surface area (Å²) in [5.74, 6) is 0.